The Morgan fingerprint density at radius 3 is 2.59 bits per heavy atom. The Labute approximate surface area is 214 Å². The maximum Gasteiger partial charge on any atom is 0.205 e. The quantitative estimate of drug-likeness (QED) is 0.322. The number of pyridine rings is 1. The van der Waals surface area contributed by atoms with Crippen LogP contribution in [0, 0.1) is 24.0 Å². The molecule has 0 saturated carbocycles. The first-order valence-electron chi connectivity index (χ1n) is 12.1. The fraction of sp³-hybridized carbons (Fsp3) is 0.407. The number of aryl methyl sites for hydroxylation is 1. The Kier molecular flexibility index (Phi) is 7.25. The van der Waals surface area contributed by atoms with Crippen LogP contribution in [0.2, 0.25) is 0 Å². The van der Waals surface area contributed by atoms with E-state index in [4.69, 9.17) is 4.74 Å². The van der Waals surface area contributed by atoms with Gasteiger partial charge in [0.2, 0.25) is 11.6 Å². The average molecular weight is 514 g/mol. The lowest BCUT2D eigenvalue weighted by Crippen LogP contribution is -2.20. The number of aromatic nitrogens is 4. The van der Waals surface area contributed by atoms with E-state index in [1.54, 1.807) is 36.3 Å². The molecule has 3 N–H and O–H groups in total. The molecule has 0 bridgehead atoms. The van der Waals surface area contributed by atoms with Crippen LogP contribution in [0.5, 0.6) is 11.5 Å². The minimum absolute atomic E-state index is 0.00283. The van der Waals surface area contributed by atoms with Gasteiger partial charge in [0, 0.05) is 48.6 Å². The van der Waals surface area contributed by atoms with E-state index in [2.05, 4.69) is 15.4 Å². The number of aromatic hydroxyl groups is 1. The normalized spacial score (nSPS) is 12.9. The van der Waals surface area contributed by atoms with Gasteiger partial charge in [-0.05, 0) is 37.6 Å². The highest BCUT2D eigenvalue weighted by Gasteiger charge is 2.30. The van der Waals surface area contributed by atoms with Crippen molar-refractivity contribution in [1.82, 2.24) is 24.5 Å². The van der Waals surface area contributed by atoms with Crippen LogP contribution >= 0.6 is 0 Å². The summed E-state index contributed by atoms with van der Waals surface area (Å²) in [6.07, 6.45) is 2.98. The Balaban J connectivity index is 1.69. The molecular weight excluding hydrogens is 480 g/mol. The van der Waals surface area contributed by atoms with Gasteiger partial charge in [0.25, 0.3) is 0 Å². The second-order valence-electron chi connectivity index (χ2n) is 10.3. The maximum absolute atomic E-state index is 15.1. The van der Waals surface area contributed by atoms with Crippen molar-refractivity contribution in [2.24, 2.45) is 12.5 Å². The molecule has 0 fully saturated rings. The van der Waals surface area contributed by atoms with Gasteiger partial charge < -0.3 is 24.7 Å². The van der Waals surface area contributed by atoms with Crippen LogP contribution in [-0.4, -0.2) is 43.0 Å². The van der Waals surface area contributed by atoms with E-state index >= 15 is 4.39 Å². The van der Waals surface area contributed by atoms with E-state index in [0.29, 0.717) is 29.9 Å². The molecule has 0 amide bonds. The Hall–Kier alpha value is -3.50. The van der Waals surface area contributed by atoms with Crippen LogP contribution in [0.25, 0.3) is 16.8 Å². The van der Waals surface area contributed by atoms with Crippen molar-refractivity contribution >= 4 is 5.65 Å². The Morgan fingerprint density at radius 1 is 1.19 bits per heavy atom. The van der Waals surface area contributed by atoms with Gasteiger partial charge in [-0.25, -0.2) is 4.98 Å². The van der Waals surface area contributed by atoms with Gasteiger partial charge in [0.1, 0.15) is 11.8 Å². The van der Waals surface area contributed by atoms with E-state index in [-0.39, 0.29) is 17.9 Å². The lowest BCUT2D eigenvalue weighted by atomic mass is 9.85. The second kappa shape index (κ2) is 10.1. The highest BCUT2D eigenvalue weighted by Crippen LogP contribution is 2.39. The minimum atomic E-state index is -1.38. The summed E-state index contributed by atoms with van der Waals surface area (Å²) in [5.74, 6) is -3.75. The molecule has 8 nitrogen and oxygen atoms in total. The summed E-state index contributed by atoms with van der Waals surface area (Å²) in [6, 6.07) is 4.64. The molecule has 4 rings (SSSR count). The zero-order valence-electron chi connectivity index (χ0n) is 21.9. The monoisotopic (exact) mass is 513 g/mol. The molecule has 0 aliphatic heterocycles. The number of hydrogen-bond donors (Lipinski definition) is 3. The zero-order chi connectivity index (χ0) is 27.1. The molecule has 4 aromatic rings. The first-order valence-corrected chi connectivity index (χ1v) is 12.1. The van der Waals surface area contributed by atoms with Crippen LogP contribution in [0.15, 0.2) is 30.6 Å². The molecule has 3 aromatic heterocycles. The van der Waals surface area contributed by atoms with E-state index in [9.17, 15) is 14.6 Å². The summed E-state index contributed by atoms with van der Waals surface area (Å²) < 4.78 is 38.9. The number of aliphatic hydroxyl groups excluding tert-OH is 1. The van der Waals surface area contributed by atoms with Crippen LogP contribution in [0.4, 0.5) is 8.78 Å². The van der Waals surface area contributed by atoms with Gasteiger partial charge in [-0.1, -0.05) is 20.8 Å². The Bertz CT molecular complexity index is 1440. The van der Waals surface area contributed by atoms with Crippen LogP contribution in [-0.2, 0) is 20.0 Å². The molecule has 0 aliphatic carbocycles. The number of phenolic OH excluding ortho intramolecular Hbond substituents is 1. The molecule has 37 heavy (non-hydrogen) atoms. The first kappa shape index (κ1) is 26.6. The molecule has 3 heterocycles. The first-order chi connectivity index (χ1) is 17.4. The number of aliphatic hydroxyl groups is 1. The molecule has 0 aliphatic rings. The zero-order valence-corrected chi connectivity index (χ0v) is 21.9. The Morgan fingerprint density at radius 2 is 1.92 bits per heavy atom. The number of rotatable bonds is 8. The summed E-state index contributed by atoms with van der Waals surface area (Å²) in [5.41, 5.74) is 4.05. The third-order valence-corrected chi connectivity index (χ3v) is 6.56. The number of imidazole rings is 1. The molecule has 1 atom stereocenters. The van der Waals surface area contributed by atoms with E-state index in [0.717, 1.165) is 23.0 Å². The topological polar surface area (TPSA) is 96.8 Å². The van der Waals surface area contributed by atoms with Gasteiger partial charge in [-0.15, -0.1) is 0 Å². The van der Waals surface area contributed by atoms with Crippen LogP contribution < -0.4 is 10.1 Å². The minimum Gasteiger partial charge on any atom is -0.505 e. The second-order valence-corrected chi connectivity index (χ2v) is 10.3. The van der Waals surface area contributed by atoms with E-state index in [1.165, 1.54) is 0 Å². The van der Waals surface area contributed by atoms with Crippen molar-refractivity contribution in [3.05, 3.63) is 64.9 Å². The number of fused-ring (bicyclic) bond motifs is 1. The summed E-state index contributed by atoms with van der Waals surface area (Å²) in [4.78, 5) is 4.36. The van der Waals surface area contributed by atoms with Crippen LogP contribution in [0.3, 0.4) is 0 Å². The van der Waals surface area contributed by atoms with Crippen molar-refractivity contribution in [1.29, 1.82) is 0 Å². The largest absolute Gasteiger partial charge is 0.505 e. The van der Waals surface area contributed by atoms with Crippen molar-refractivity contribution < 1.29 is 23.7 Å². The average Bonchev–Trinajstić information content (AvgIpc) is 3.38. The number of ether oxygens (including phenoxy) is 1. The summed E-state index contributed by atoms with van der Waals surface area (Å²) in [5, 5.41) is 28.5. The van der Waals surface area contributed by atoms with Gasteiger partial charge in [-0.3, -0.25) is 4.68 Å². The number of nitrogens with zero attached hydrogens (tertiary/aromatic N) is 4. The van der Waals surface area contributed by atoms with Crippen molar-refractivity contribution in [3.63, 3.8) is 0 Å². The van der Waals surface area contributed by atoms with Crippen LogP contribution in [0.1, 0.15) is 49.5 Å². The number of phenols is 1. The van der Waals surface area contributed by atoms with Gasteiger partial charge in [0.05, 0.1) is 24.2 Å². The molecule has 1 unspecified atom stereocenters. The highest BCUT2D eigenvalue weighted by molar-refractivity contribution is 5.73. The summed E-state index contributed by atoms with van der Waals surface area (Å²) >= 11 is 0. The predicted octanol–water partition coefficient (Wildman–Crippen LogP) is 4.45. The fourth-order valence-corrected chi connectivity index (χ4v) is 4.33. The molecule has 0 radical (unpaired) electrons. The smallest absolute Gasteiger partial charge is 0.205 e. The van der Waals surface area contributed by atoms with Gasteiger partial charge in [-0.2, -0.15) is 13.9 Å². The van der Waals surface area contributed by atoms with E-state index < -0.39 is 28.9 Å². The highest BCUT2D eigenvalue weighted by atomic mass is 19.2. The van der Waals surface area contributed by atoms with Crippen molar-refractivity contribution in [2.75, 3.05) is 13.7 Å². The lowest BCUT2D eigenvalue weighted by molar-refractivity contribution is 0.0575. The summed E-state index contributed by atoms with van der Waals surface area (Å²) in [7, 11) is 3.61. The van der Waals surface area contributed by atoms with Gasteiger partial charge in [0.15, 0.2) is 11.5 Å². The standard InChI is InChI=1S/C27H33F2N5O3/c1-15-18(24(32-33(15)6)26(36)27(2,3)4)9-10-37-25-19(11-20(35)22(28)23(25)29)16-7-8-21-31-13-17(12-30-5)34(21)14-16/h7-8,11,13-14,26,30,35-36H,9-10,12H2,1-6H3. The SMILES string of the molecule is CNCc1cnc2ccc(-c3cc(O)c(F)c(F)c3OCCc3c(C(O)C(C)(C)C)nn(C)c3C)cn12. The number of halogens is 2. The number of nitrogens with one attached hydrogen (secondary N) is 1. The maximum atomic E-state index is 15.1. The molecule has 10 heteroatoms. The lowest BCUT2D eigenvalue weighted by Gasteiger charge is -2.25. The number of benzene rings is 1. The molecule has 0 saturated heterocycles. The molecule has 198 valence electrons. The molecular formula is C27H33F2N5O3. The predicted molar refractivity (Wildman–Crippen MR) is 137 cm³/mol. The van der Waals surface area contributed by atoms with Crippen molar-refractivity contribution in [2.45, 2.75) is 46.8 Å². The van der Waals surface area contributed by atoms with Gasteiger partial charge >= 0.3 is 0 Å². The summed E-state index contributed by atoms with van der Waals surface area (Å²) in [6.45, 7) is 8.20. The van der Waals surface area contributed by atoms with E-state index in [1.807, 2.05) is 39.1 Å². The molecule has 0 spiro atoms. The third kappa shape index (κ3) is 5.03. The molecule has 1 aromatic carbocycles. The third-order valence-electron chi connectivity index (χ3n) is 6.56. The number of hydrogen-bond acceptors (Lipinski definition) is 6. The van der Waals surface area contributed by atoms with Crippen molar-refractivity contribution in [3.8, 4) is 22.6 Å². The fourth-order valence-electron chi connectivity index (χ4n) is 4.33.